The summed E-state index contributed by atoms with van der Waals surface area (Å²) in [6.45, 7) is 6.79. The predicted octanol–water partition coefficient (Wildman–Crippen LogP) is 0.511. The van der Waals surface area contributed by atoms with Crippen molar-refractivity contribution in [2.45, 2.75) is 18.9 Å². The van der Waals surface area contributed by atoms with Gasteiger partial charge in [0.2, 0.25) is 5.91 Å². The maximum absolute atomic E-state index is 10.9. The molecule has 86 valence electrons. The summed E-state index contributed by atoms with van der Waals surface area (Å²) < 4.78 is 29.3. The first-order valence-electron chi connectivity index (χ1n) is 4.39. The van der Waals surface area contributed by atoms with Gasteiger partial charge in [0, 0.05) is 6.04 Å². The van der Waals surface area contributed by atoms with Crippen molar-refractivity contribution < 1.29 is 17.8 Å². The van der Waals surface area contributed by atoms with Gasteiger partial charge in [0.05, 0.1) is 5.75 Å². The average Bonchev–Trinajstić information content (AvgIpc) is 2.14. The van der Waals surface area contributed by atoms with Crippen LogP contribution in [-0.2, 0) is 14.9 Å². The van der Waals surface area contributed by atoms with E-state index in [-0.39, 0.29) is 24.1 Å². The molecule has 0 saturated carbocycles. The van der Waals surface area contributed by atoms with Crippen molar-refractivity contribution in [1.82, 2.24) is 5.32 Å². The van der Waals surface area contributed by atoms with Gasteiger partial charge in [-0.15, -0.1) is 6.58 Å². The Labute approximate surface area is 89.6 Å². The second-order valence-electron chi connectivity index (χ2n) is 2.98. The summed E-state index contributed by atoms with van der Waals surface area (Å²) in [5.41, 5.74) is 0. The van der Waals surface area contributed by atoms with Crippen molar-refractivity contribution >= 4 is 16.0 Å². The first-order chi connectivity index (χ1) is 6.89. The van der Waals surface area contributed by atoms with E-state index in [1.54, 1.807) is 0 Å². The van der Waals surface area contributed by atoms with E-state index in [9.17, 15) is 13.2 Å². The van der Waals surface area contributed by atoms with Crippen LogP contribution < -0.4 is 5.32 Å². The lowest BCUT2D eigenvalue weighted by Crippen LogP contribution is -2.32. The number of amides is 1. The maximum atomic E-state index is 10.9. The second-order valence-corrected chi connectivity index (χ2v) is 4.56. The fourth-order valence-electron chi connectivity index (χ4n) is 0.976. The lowest BCUT2D eigenvalue weighted by molar-refractivity contribution is -0.116. The summed E-state index contributed by atoms with van der Waals surface area (Å²) in [4.78, 5) is 10.9. The van der Waals surface area contributed by atoms with Gasteiger partial charge in [-0.3, -0.25) is 9.35 Å². The molecule has 2 N–H and O–H groups in total. The van der Waals surface area contributed by atoms with Crippen LogP contribution in [0.1, 0.15) is 12.8 Å². The fourth-order valence-corrected chi connectivity index (χ4v) is 1.51. The summed E-state index contributed by atoms with van der Waals surface area (Å²) in [7, 11) is -3.93. The van der Waals surface area contributed by atoms with Crippen LogP contribution in [-0.4, -0.2) is 30.7 Å². The summed E-state index contributed by atoms with van der Waals surface area (Å²) in [5, 5.41) is 2.55. The van der Waals surface area contributed by atoms with Crippen molar-refractivity contribution in [3.63, 3.8) is 0 Å². The van der Waals surface area contributed by atoms with Gasteiger partial charge >= 0.3 is 0 Å². The Morgan fingerprint density at radius 3 is 2.47 bits per heavy atom. The third-order valence-corrected chi connectivity index (χ3v) is 2.52. The third-order valence-electron chi connectivity index (χ3n) is 1.71. The molecule has 0 aliphatic heterocycles. The van der Waals surface area contributed by atoms with Crippen LogP contribution in [0.3, 0.4) is 0 Å². The Hall–Kier alpha value is -1.14. The Morgan fingerprint density at radius 1 is 1.47 bits per heavy atom. The number of carbonyl (C=O) groups excluding carboxylic acids is 1. The van der Waals surface area contributed by atoms with E-state index in [1.165, 1.54) is 6.08 Å². The lowest BCUT2D eigenvalue weighted by atomic mass is 10.1. The molecular formula is C9H15NO4S. The molecule has 6 heteroatoms. The minimum absolute atomic E-state index is 0.257. The first-order valence-corrected chi connectivity index (χ1v) is 6.00. The molecule has 0 spiro atoms. The van der Waals surface area contributed by atoms with Gasteiger partial charge in [-0.1, -0.05) is 12.7 Å². The van der Waals surface area contributed by atoms with E-state index >= 15 is 0 Å². The number of hydrogen-bond acceptors (Lipinski definition) is 3. The molecule has 0 aliphatic carbocycles. The third kappa shape index (κ3) is 7.90. The van der Waals surface area contributed by atoms with Crippen LogP contribution in [0.5, 0.6) is 0 Å². The van der Waals surface area contributed by atoms with Crippen molar-refractivity contribution in [1.29, 1.82) is 0 Å². The molecule has 0 heterocycles. The van der Waals surface area contributed by atoms with Crippen LogP contribution in [0.2, 0.25) is 0 Å². The smallest absolute Gasteiger partial charge is 0.264 e. The van der Waals surface area contributed by atoms with Crippen molar-refractivity contribution in [3.8, 4) is 0 Å². The number of nitrogens with one attached hydrogen (secondary N) is 1. The Bertz CT molecular complexity index is 334. The highest BCUT2D eigenvalue weighted by Crippen LogP contribution is 2.00. The molecule has 1 unspecified atom stereocenters. The molecule has 0 aliphatic rings. The zero-order chi connectivity index (χ0) is 11.9. The van der Waals surface area contributed by atoms with Gasteiger partial charge in [0.1, 0.15) is 0 Å². The number of rotatable bonds is 7. The van der Waals surface area contributed by atoms with E-state index in [2.05, 4.69) is 18.5 Å². The zero-order valence-electron chi connectivity index (χ0n) is 8.35. The fraction of sp³-hybridized carbons (Fsp3) is 0.444. The van der Waals surface area contributed by atoms with E-state index in [4.69, 9.17) is 4.55 Å². The number of hydrogen-bond donors (Lipinski definition) is 2. The SMILES string of the molecule is C=CC(=O)NC(C=C)CCCS(=O)(=O)O. The van der Waals surface area contributed by atoms with Crippen LogP contribution >= 0.6 is 0 Å². The summed E-state index contributed by atoms with van der Waals surface area (Å²) in [5.74, 6) is -0.659. The van der Waals surface area contributed by atoms with Crippen molar-refractivity contribution in [3.05, 3.63) is 25.3 Å². The molecule has 0 aromatic carbocycles. The summed E-state index contributed by atoms with van der Waals surface area (Å²) >= 11 is 0. The van der Waals surface area contributed by atoms with E-state index in [0.29, 0.717) is 6.42 Å². The molecule has 0 fully saturated rings. The van der Waals surface area contributed by atoms with Crippen LogP contribution in [0.4, 0.5) is 0 Å². The van der Waals surface area contributed by atoms with Crippen LogP contribution in [0, 0.1) is 0 Å². The lowest BCUT2D eigenvalue weighted by Gasteiger charge is -2.12. The maximum Gasteiger partial charge on any atom is 0.264 e. The van der Waals surface area contributed by atoms with Crippen molar-refractivity contribution in [2.24, 2.45) is 0 Å². The van der Waals surface area contributed by atoms with Gasteiger partial charge in [-0.25, -0.2) is 0 Å². The highest BCUT2D eigenvalue weighted by molar-refractivity contribution is 7.85. The molecule has 0 radical (unpaired) electrons. The quantitative estimate of drug-likeness (QED) is 0.381. The first kappa shape index (κ1) is 13.9. The monoisotopic (exact) mass is 233 g/mol. The molecule has 0 saturated heterocycles. The van der Waals surface area contributed by atoms with Crippen molar-refractivity contribution in [2.75, 3.05) is 5.75 Å². The molecule has 1 atom stereocenters. The van der Waals surface area contributed by atoms with Crippen LogP contribution in [0.25, 0.3) is 0 Å². The summed E-state index contributed by atoms with van der Waals surface area (Å²) in [6, 6.07) is -0.308. The molecule has 0 aromatic rings. The highest BCUT2D eigenvalue weighted by Gasteiger charge is 2.09. The van der Waals surface area contributed by atoms with Gasteiger partial charge in [0.25, 0.3) is 10.1 Å². The van der Waals surface area contributed by atoms with Gasteiger partial charge in [-0.05, 0) is 18.9 Å². The van der Waals surface area contributed by atoms with Gasteiger partial charge in [-0.2, -0.15) is 8.42 Å². The van der Waals surface area contributed by atoms with E-state index in [0.717, 1.165) is 6.08 Å². The highest BCUT2D eigenvalue weighted by atomic mass is 32.2. The molecule has 1 amide bonds. The average molecular weight is 233 g/mol. The van der Waals surface area contributed by atoms with Gasteiger partial charge in [0.15, 0.2) is 0 Å². The summed E-state index contributed by atoms with van der Waals surface area (Å²) in [6.07, 6.45) is 3.29. The second kappa shape index (κ2) is 6.36. The Kier molecular flexibility index (Phi) is 5.88. The topological polar surface area (TPSA) is 83.5 Å². The Morgan fingerprint density at radius 2 is 2.07 bits per heavy atom. The Balaban J connectivity index is 3.96. The molecule has 0 aromatic heterocycles. The standard InChI is InChI=1S/C9H15NO4S/c1-3-8(10-9(11)4-2)6-5-7-15(12,13)14/h3-4,8H,1-2,5-7H2,(H,10,11)(H,12,13,14). The molecule has 5 nitrogen and oxygen atoms in total. The predicted molar refractivity (Wildman–Crippen MR) is 58.0 cm³/mol. The molecule has 15 heavy (non-hydrogen) atoms. The molecular weight excluding hydrogens is 218 g/mol. The minimum atomic E-state index is -3.93. The van der Waals surface area contributed by atoms with Crippen LogP contribution in [0.15, 0.2) is 25.3 Å². The zero-order valence-corrected chi connectivity index (χ0v) is 9.16. The van der Waals surface area contributed by atoms with E-state index in [1.807, 2.05) is 0 Å². The van der Waals surface area contributed by atoms with Gasteiger partial charge < -0.3 is 5.32 Å². The molecule has 0 rings (SSSR count). The largest absolute Gasteiger partial charge is 0.346 e. The molecule has 0 bridgehead atoms. The normalized spacial score (nSPS) is 12.9. The minimum Gasteiger partial charge on any atom is -0.346 e. The number of carbonyl (C=O) groups is 1. The van der Waals surface area contributed by atoms with E-state index < -0.39 is 10.1 Å².